The Morgan fingerprint density at radius 3 is 1.75 bits per heavy atom. The van der Waals surface area contributed by atoms with Crippen molar-refractivity contribution in [3.05, 3.63) is 11.8 Å². The zero-order chi connectivity index (χ0) is 42.5. The Hall–Kier alpha value is -4.41. The van der Waals surface area contributed by atoms with Gasteiger partial charge in [0.2, 0.25) is 17.6 Å². The quantitative estimate of drug-likeness (QED) is 0.0455. The molecular formula is C39H66N4O13. The lowest BCUT2D eigenvalue weighted by atomic mass is 9.92. The molecule has 17 heteroatoms. The predicted molar refractivity (Wildman–Crippen MR) is 206 cm³/mol. The van der Waals surface area contributed by atoms with Crippen molar-refractivity contribution in [1.29, 1.82) is 0 Å². The van der Waals surface area contributed by atoms with Crippen LogP contribution in [0.15, 0.2) is 16.8 Å². The standard InChI is InChI=1S/C39H66N4O13/c1-12-13-14-15-16-17-18-19-20-21-22-51-32(30(53-27(4)46)24-52-26(3)45)33-31(40-25(2)44)28(23-29(54-33)34(47)50-11)41-35(42-36(48)55-38(5,6)7)43-37(49)56-39(8,9)10/h23,28,30-33H,12-22,24H2,1-11H3,(H,40,44)(H2,41,42,43,48,49)/t28-,30+,31+,32+,33+/m0/s1. The first kappa shape index (κ1) is 49.6. The summed E-state index contributed by atoms with van der Waals surface area (Å²) >= 11 is 0. The fourth-order valence-corrected chi connectivity index (χ4v) is 5.60. The van der Waals surface area contributed by atoms with Gasteiger partial charge in [-0.25, -0.2) is 19.4 Å². The molecule has 0 saturated carbocycles. The van der Waals surface area contributed by atoms with Gasteiger partial charge in [-0.15, -0.1) is 0 Å². The minimum Gasteiger partial charge on any atom is -0.478 e. The molecule has 0 aromatic rings. The van der Waals surface area contributed by atoms with E-state index in [1.807, 2.05) is 0 Å². The van der Waals surface area contributed by atoms with Crippen molar-refractivity contribution in [2.45, 2.75) is 175 Å². The number of hydrogen-bond donors (Lipinski definition) is 3. The Bertz CT molecular complexity index is 1320. The molecule has 0 saturated heterocycles. The lowest BCUT2D eigenvalue weighted by Crippen LogP contribution is -2.61. The summed E-state index contributed by atoms with van der Waals surface area (Å²) < 4.78 is 39.1. The first-order valence-corrected chi connectivity index (χ1v) is 19.4. The van der Waals surface area contributed by atoms with Crippen LogP contribution >= 0.6 is 0 Å². The minimum absolute atomic E-state index is 0.141. The Morgan fingerprint density at radius 2 is 1.30 bits per heavy atom. The number of guanidine groups is 1. The number of unbranched alkanes of at least 4 members (excludes halogenated alkanes) is 9. The Kier molecular flexibility index (Phi) is 22.1. The van der Waals surface area contributed by atoms with Gasteiger partial charge < -0.3 is 38.5 Å². The average molecular weight is 799 g/mol. The molecule has 5 atom stereocenters. The molecule has 0 aliphatic carbocycles. The van der Waals surface area contributed by atoms with Crippen molar-refractivity contribution in [2.24, 2.45) is 4.99 Å². The van der Waals surface area contributed by atoms with E-state index in [0.717, 1.165) is 39.7 Å². The van der Waals surface area contributed by atoms with E-state index in [-0.39, 0.29) is 12.4 Å². The van der Waals surface area contributed by atoms with Crippen LogP contribution in [-0.2, 0) is 52.3 Å². The zero-order valence-corrected chi connectivity index (χ0v) is 35.2. The van der Waals surface area contributed by atoms with Crippen molar-refractivity contribution in [3.63, 3.8) is 0 Å². The molecular weight excluding hydrogens is 732 g/mol. The predicted octanol–water partition coefficient (Wildman–Crippen LogP) is 5.52. The smallest absolute Gasteiger partial charge is 0.414 e. The first-order valence-electron chi connectivity index (χ1n) is 19.4. The Morgan fingerprint density at radius 1 is 0.786 bits per heavy atom. The van der Waals surface area contributed by atoms with Crippen molar-refractivity contribution in [2.75, 3.05) is 20.3 Å². The van der Waals surface area contributed by atoms with E-state index < -0.39 is 90.2 Å². The van der Waals surface area contributed by atoms with Crippen LogP contribution in [0.4, 0.5) is 9.59 Å². The van der Waals surface area contributed by atoms with Crippen molar-refractivity contribution < 1.29 is 61.9 Å². The lowest BCUT2D eigenvalue weighted by molar-refractivity contribution is -0.182. The maximum absolute atomic E-state index is 13.1. The van der Waals surface area contributed by atoms with Gasteiger partial charge in [-0.05, 0) is 54.0 Å². The summed E-state index contributed by atoms with van der Waals surface area (Å²) in [6.45, 7) is 15.3. The average Bonchev–Trinajstić information content (AvgIpc) is 3.05. The largest absolute Gasteiger partial charge is 0.478 e. The van der Waals surface area contributed by atoms with Crippen LogP contribution in [0.25, 0.3) is 0 Å². The van der Waals surface area contributed by atoms with Gasteiger partial charge in [-0.3, -0.25) is 25.0 Å². The van der Waals surface area contributed by atoms with E-state index in [2.05, 4.69) is 27.9 Å². The highest BCUT2D eigenvalue weighted by Crippen LogP contribution is 2.29. The molecule has 1 heterocycles. The molecule has 320 valence electrons. The van der Waals surface area contributed by atoms with Gasteiger partial charge in [0.1, 0.15) is 23.9 Å². The van der Waals surface area contributed by atoms with E-state index >= 15 is 0 Å². The number of nitrogens with one attached hydrogen (secondary N) is 3. The number of nitrogens with zero attached hydrogens (tertiary/aromatic N) is 1. The van der Waals surface area contributed by atoms with Gasteiger partial charge in [0.05, 0.1) is 19.2 Å². The van der Waals surface area contributed by atoms with Crippen LogP contribution in [0.3, 0.4) is 0 Å². The third kappa shape index (κ3) is 21.6. The summed E-state index contributed by atoms with van der Waals surface area (Å²) in [6.07, 6.45) is 6.03. The maximum atomic E-state index is 13.1. The molecule has 0 spiro atoms. The van der Waals surface area contributed by atoms with Gasteiger partial charge in [0, 0.05) is 27.4 Å². The molecule has 3 amide bonds. The zero-order valence-electron chi connectivity index (χ0n) is 35.2. The second-order valence-electron chi connectivity index (χ2n) is 15.5. The highest BCUT2D eigenvalue weighted by atomic mass is 16.6. The van der Waals surface area contributed by atoms with Crippen LogP contribution in [0, 0.1) is 0 Å². The third-order valence-corrected chi connectivity index (χ3v) is 7.85. The number of carbonyl (C=O) groups excluding carboxylic acids is 6. The third-order valence-electron chi connectivity index (χ3n) is 7.85. The minimum atomic E-state index is -1.36. The van der Waals surface area contributed by atoms with E-state index in [9.17, 15) is 28.8 Å². The van der Waals surface area contributed by atoms with E-state index in [0.29, 0.717) is 6.42 Å². The maximum Gasteiger partial charge on any atom is 0.414 e. The fourth-order valence-electron chi connectivity index (χ4n) is 5.60. The van der Waals surface area contributed by atoms with Crippen molar-refractivity contribution in [3.8, 4) is 0 Å². The number of methoxy groups -OCH3 is 1. The summed E-state index contributed by atoms with van der Waals surface area (Å²) in [7, 11) is 1.13. The number of carbonyl (C=O) groups is 6. The second-order valence-corrected chi connectivity index (χ2v) is 15.5. The summed E-state index contributed by atoms with van der Waals surface area (Å²) in [4.78, 5) is 80.6. The normalized spacial score (nSPS) is 17.8. The number of amides is 3. The Balaban J connectivity index is 3.71. The SMILES string of the molecule is CCCCCCCCCCCCO[C@@H]([C@@H]1OC(C(=O)OC)=C[C@H](N=C(NC(=O)OC(C)(C)C)NC(=O)OC(C)(C)C)[C@H]1NC(C)=O)[C@@H](COC(C)=O)OC(C)=O. The van der Waals surface area contributed by atoms with Crippen LogP contribution in [0.2, 0.25) is 0 Å². The van der Waals surface area contributed by atoms with Gasteiger partial charge in [-0.1, -0.05) is 64.7 Å². The molecule has 1 aliphatic heterocycles. The van der Waals surface area contributed by atoms with Gasteiger partial charge in [0.15, 0.2) is 12.2 Å². The number of rotatable bonds is 20. The summed E-state index contributed by atoms with van der Waals surface area (Å²) in [5.41, 5.74) is -1.87. The van der Waals surface area contributed by atoms with Gasteiger partial charge in [0.25, 0.3) is 0 Å². The second kappa shape index (κ2) is 25.0. The molecule has 56 heavy (non-hydrogen) atoms. The Labute approximate surface area is 331 Å². The summed E-state index contributed by atoms with van der Waals surface area (Å²) in [5, 5.41) is 7.54. The molecule has 0 aromatic carbocycles. The molecule has 0 radical (unpaired) electrons. The summed E-state index contributed by atoms with van der Waals surface area (Å²) in [6, 6.07) is -2.51. The monoisotopic (exact) mass is 798 g/mol. The van der Waals surface area contributed by atoms with E-state index in [1.165, 1.54) is 52.0 Å². The molecule has 1 rings (SSSR count). The number of aliphatic imine (C=N–C) groups is 1. The highest BCUT2D eigenvalue weighted by Gasteiger charge is 2.47. The van der Waals surface area contributed by atoms with Gasteiger partial charge >= 0.3 is 30.1 Å². The van der Waals surface area contributed by atoms with Crippen LogP contribution in [0.1, 0.15) is 133 Å². The highest BCUT2D eigenvalue weighted by molar-refractivity contribution is 6.01. The van der Waals surface area contributed by atoms with Crippen molar-refractivity contribution in [1.82, 2.24) is 16.0 Å². The molecule has 0 fully saturated rings. The van der Waals surface area contributed by atoms with E-state index in [4.69, 9.17) is 33.2 Å². The van der Waals surface area contributed by atoms with Crippen LogP contribution in [0.5, 0.6) is 0 Å². The topological polar surface area (TPSA) is 215 Å². The molecule has 0 aromatic heterocycles. The number of alkyl carbamates (subject to hydrolysis) is 2. The van der Waals surface area contributed by atoms with Gasteiger partial charge in [-0.2, -0.15) is 0 Å². The van der Waals surface area contributed by atoms with Crippen LogP contribution in [-0.4, -0.2) is 104 Å². The van der Waals surface area contributed by atoms with Crippen molar-refractivity contribution >= 4 is 42.0 Å². The number of ether oxygens (including phenoxy) is 7. The fraction of sp³-hybridized carbons (Fsp3) is 0.769. The first-order chi connectivity index (χ1) is 26.1. The lowest BCUT2D eigenvalue weighted by Gasteiger charge is -2.41. The summed E-state index contributed by atoms with van der Waals surface area (Å²) in [5.74, 6) is -3.72. The number of hydrogen-bond acceptors (Lipinski definition) is 14. The molecule has 3 N–H and O–H groups in total. The molecule has 17 nitrogen and oxygen atoms in total. The number of esters is 3. The van der Waals surface area contributed by atoms with Crippen LogP contribution < -0.4 is 16.0 Å². The van der Waals surface area contributed by atoms with E-state index in [1.54, 1.807) is 41.5 Å². The molecule has 1 aliphatic rings. The molecule has 0 bridgehead atoms. The molecule has 0 unspecified atom stereocenters.